The highest BCUT2D eigenvalue weighted by Gasteiger charge is 2.46. The number of hydrazone groups is 1. The zero-order valence-corrected chi connectivity index (χ0v) is 17.2. The summed E-state index contributed by atoms with van der Waals surface area (Å²) in [5.74, 6) is 0.526. The van der Waals surface area contributed by atoms with Crippen molar-refractivity contribution >= 4 is 38.1 Å². The molecule has 158 valence electrons. The zero-order valence-electron chi connectivity index (χ0n) is 16.4. The zero-order chi connectivity index (χ0) is 22.1. The quantitative estimate of drug-likeness (QED) is 0.466. The molecule has 0 radical (unpaired) electrons. The van der Waals surface area contributed by atoms with Crippen LogP contribution in [0.2, 0.25) is 0 Å². The minimum atomic E-state index is -5.56. The van der Waals surface area contributed by atoms with Crippen LogP contribution >= 0.6 is 0 Å². The molecule has 0 saturated heterocycles. The fourth-order valence-electron chi connectivity index (χ4n) is 2.81. The van der Waals surface area contributed by atoms with Gasteiger partial charge in [-0.2, -0.15) is 26.7 Å². The van der Waals surface area contributed by atoms with E-state index in [-0.39, 0.29) is 11.3 Å². The fourth-order valence-corrected chi connectivity index (χ4v) is 3.40. The van der Waals surface area contributed by atoms with Gasteiger partial charge in [-0.25, -0.2) is 4.98 Å². The van der Waals surface area contributed by atoms with E-state index in [1.165, 1.54) is 17.1 Å². The second-order valence-corrected chi connectivity index (χ2v) is 8.35. The van der Waals surface area contributed by atoms with Crippen LogP contribution in [0.5, 0.6) is 0 Å². The number of aryl methyl sites for hydroxylation is 1. The summed E-state index contributed by atoms with van der Waals surface area (Å²) < 4.78 is 63.1. The largest absolute Gasteiger partial charge is 0.516 e. The molecule has 6 nitrogen and oxygen atoms in total. The lowest BCUT2D eigenvalue weighted by Gasteiger charge is -2.17. The van der Waals surface area contributed by atoms with E-state index >= 15 is 0 Å². The average Bonchev–Trinajstić information content (AvgIpc) is 2.67. The predicted octanol–water partition coefficient (Wildman–Crippen LogP) is 4.67. The van der Waals surface area contributed by atoms with E-state index in [0.29, 0.717) is 11.5 Å². The van der Waals surface area contributed by atoms with Crippen LogP contribution in [0.15, 0.2) is 59.7 Å². The molecule has 0 amide bonds. The lowest BCUT2D eigenvalue weighted by Crippen LogP contribution is -2.30. The van der Waals surface area contributed by atoms with Crippen molar-refractivity contribution in [3.05, 3.63) is 65.7 Å². The number of sulfonamides is 1. The van der Waals surface area contributed by atoms with Gasteiger partial charge in [0.25, 0.3) is 0 Å². The third-order valence-electron chi connectivity index (χ3n) is 4.33. The van der Waals surface area contributed by atoms with Gasteiger partial charge in [0.15, 0.2) is 0 Å². The Morgan fingerprint density at radius 2 is 1.80 bits per heavy atom. The van der Waals surface area contributed by atoms with Crippen molar-refractivity contribution in [2.45, 2.75) is 19.4 Å². The SMILES string of the molecule is C/C(=N\N(C)c1ccc2ccccc2n1)c1cc(C)ccc1NS(=O)(=O)C(F)(F)F. The molecule has 2 aromatic carbocycles. The van der Waals surface area contributed by atoms with Gasteiger partial charge in [0.05, 0.1) is 16.9 Å². The Morgan fingerprint density at radius 1 is 1.10 bits per heavy atom. The predicted molar refractivity (Wildman–Crippen MR) is 112 cm³/mol. The van der Waals surface area contributed by atoms with E-state index < -0.39 is 15.5 Å². The minimum absolute atomic E-state index is 0.209. The molecule has 0 spiro atoms. The highest BCUT2D eigenvalue weighted by molar-refractivity contribution is 7.93. The van der Waals surface area contributed by atoms with E-state index in [9.17, 15) is 21.6 Å². The number of benzene rings is 2. The van der Waals surface area contributed by atoms with Crippen molar-refractivity contribution in [2.24, 2.45) is 5.10 Å². The summed E-state index contributed by atoms with van der Waals surface area (Å²) in [5.41, 5.74) is -3.58. The van der Waals surface area contributed by atoms with Crippen LogP contribution in [0.4, 0.5) is 24.7 Å². The first-order chi connectivity index (χ1) is 14.0. The number of alkyl halides is 3. The summed E-state index contributed by atoms with van der Waals surface area (Å²) >= 11 is 0. The molecule has 0 unspecified atom stereocenters. The molecule has 3 rings (SSSR count). The summed E-state index contributed by atoms with van der Waals surface area (Å²) in [6, 6.07) is 15.5. The third kappa shape index (κ3) is 4.54. The molecule has 0 saturated carbocycles. The summed E-state index contributed by atoms with van der Waals surface area (Å²) in [4.78, 5) is 4.51. The van der Waals surface area contributed by atoms with Gasteiger partial charge in [0.1, 0.15) is 5.82 Å². The van der Waals surface area contributed by atoms with Crippen molar-refractivity contribution in [1.29, 1.82) is 0 Å². The smallest absolute Gasteiger partial charge is 0.275 e. The summed E-state index contributed by atoms with van der Waals surface area (Å²) in [6.45, 7) is 3.32. The van der Waals surface area contributed by atoms with Gasteiger partial charge in [0.2, 0.25) is 0 Å². The maximum atomic E-state index is 12.8. The molecule has 0 atom stereocenters. The van der Waals surface area contributed by atoms with Crippen LogP contribution < -0.4 is 9.73 Å². The van der Waals surface area contributed by atoms with Gasteiger partial charge >= 0.3 is 15.5 Å². The van der Waals surface area contributed by atoms with Crippen LogP contribution in [0.3, 0.4) is 0 Å². The molecule has 1 aromatic heterocycles. The molecule has 0 aliphatic rings. The molecular weight excluding hydrogens is 417 g/mol. The lowest BCUT2D eigenvalue weighted by atomic mass is 10.1. The van der Waals surface area contributed by atoms with E-state index in [0.717, 1.165) is 16.5 Å². The number of nitrogens with one attached hydrogen (secondary N) is 1. The van der Waals surface area contributed by atoms with Gasteiger partial charge in [-0.05, 0) is 44.2 Å². The molecule has 10 heteroatoms. The van der Waals surface area contributed by atoms with Crippen molar-refractivity contribution < 1.29 is 21.6 Å². The first-order valence-corrected chi connectivity index (χ1v) is 10.3. The van der Waals surface area contributed by atoms with Crippen LogP contribution in [-0.2, 0) is 10.0 Å². The number of nitrogens with zero attached hydrogens (tertiary/aromatic N) is 3. The summed E-state index contributed by atoms with van der Waals surface area (Å²) in [7, 11) is -3.91. The normalized spacial score (nSPS) is 12.8. The van der Waals surface area contributed by atoms with Gasteiger partial charge in [-0.1, -0.05) is 29.8 Å². The first-order valence-electron chi connectivity index (χ1n) is 8.83. The topological polar surface area (TPSA) is 74.7 Å². The molecule has 0 bridgehead atoms. The summed E-state index contributed by atoms with van der Waals surface area (Å²) in [5, 5.41) is 6.82. The Morgan fingerprint density at radius 3 is 2.50 bits per heavy atom. The fraction of sp³-hybridized carbons (Fsp3) is 0.200. The van der Waals surface area contributed by atoms with Gasteiger partial charge < -0.3 is 0 Å². The number of hydrogen-bond donors (Lipinski definition) is 1. The average molecular weight is 436 g/mol. The summed E-state index contributed by atoms with van der Waals surface area (Å²) in [6.07, 6.45) is 0. The third-order valence-corrected chi connectivity index (χ3v) is 5.43. The van der Waals surface area contributed by atoms with Crippen molar-refractivity contribution in [1.82, 2.24) is 4.98 Å². The number of pyridine rings is 1. The lowest BCUT2D eigenvalue weighted by molar-refractivity contribution is -0.0429. The Balaban J connectivity index is 1.97. The molecule has 0 aliphatic carbocycles. The Bertz CT molecular complexity index is 1220. The number of fused-ring (bicyclic) bond motifs is 1. The van der Waals surface area contributed by atoms with E-state index in [1.54, 1.807) is 37.7 Å². The second kappa shape index (κ2) is 7.94. The van der Waals surface area contributed by atoms with Crippen LogP contribution in [0.1, 0.15) is 18.1 Å². The number of hydrogen-bond acceptors (Lipinski definition) is 5. The molecule has 3 aromatic rings. The maximum absolute atomic E-state index is 12.8. The molecule has 1 N–H and O–H groups in total. The Labute approximate surface area is 172 Å². The maximum Gasteiger partial charge on any atom is 0.516 e. The molecular formula is C20H19F3N4O2S. The molecule has 0 aliphatic heterocycles. The highest BCUT2D eigenvalue weighted by atomic mass is 32.2. The monoisotopic (exact) mass is 436 g/mol. The Hall–Kier alpha value is -3.14. The standard InChI is InChI=1S/C20H19F3N4O2S/c1-13-8-10-18(26-30(28,29)20(21,22)23)16(12-13)14(2)25-27(3)19-11-9-15-6-4-5-7-17(15)24-19/h4-12,26H,1-3H3/b25-14+. The van der Waals surface area contributed by atoms with Crippen LogP contribution in [-0.4, -0.2) is 31.7 Å². The number of para-hydroxylation sites is 1. The number of halogens is 3. The van der Waals surface area contributed by atoms with E-state index in [4.69, 9.17) is 0 Å². The van der Waals surface area contributed by atoms with Crippen molar-refractivity contribution in [3.63, 3.8) is 0 Å². The minimum Gasteiger partial charge on any atom is -0.275 e. The molecule has 0 fully saturated rings. The highest BCUT2D eigenvalue weighted by Crippen LogP contribution is 2.28. The Kier molecular flexibility index (Phi) is 5.71. The van der Waals surface area contributed by atoms with Gasteiger partial charge in [-0.15, -0.1) is 0 Å². The molecule has 1 heterocycles. The van der Waals surface area contributed by atoms with Crippen molar-refractivity contribution in [3.8, 4) is 0 Å². The van der Waals surface area contributed by atoms with Gasteiger partial charge in [-0.3, -0.25) is 9.73 Å². The number of anilines is 2. The van der Waals surface area contributed by atoms with Gasteiger partial charge in [0, 0.05) is 18.0 Å². The second-order valence-electron chi connectivity index (χ2n) is 6.67. The van der Waals surface area contributed by atoms with E-state index in [2.05, 4.69) is 10.1 Å². The van der Waals surface area contributed by atoms with E-state index in [1.807, 2.05) is 30.3 Å². The van der Waals surface area contributed by atoms with Crippen LogP contribution in [0.25, 0.3) is 10.9 Å². The molecule has 30 heavy (non-hydrogen) atoms. The number of rotatable bonds is 5. The van der Waals surface area contributed by atoms with Crippen LogP contribution in [0, 0.1) is 6.92 Å². The number of aromatic nitrogens is 1. The first kappa shape index (κ1) is 21.6. The van der Waals surface area contributed by atoms with Crippen molar-refractivity contribution in [2.75, 3.05) is 16.8 Å².